The van der Waals surface area contributed by atoms with Crippen LogP contribution in [0.3, 0.4) is 0 Å². The van der Waals surface area contributed by atoms with Crippen molar-refractivity contribution in [1.29, 1.82) is 0 Å². The summed E-state index contributed by atoms with van der Waals surface area (Å²) in [5.74, 6) is 0.683. The summed E-state index contributed by atoms with van der Waals surface area (Å²) in [4.78, 5) is 0. The molecule has 0 atom stereocenters. The quantitative estimate of drug-likeness (QED) is 0.686. The zero-order valence-corrected chi connectivity index (χ0v) is 8.84. The molecule has 0 spiro atoms. The van der Waals surface area contributed by atoms with E-state index in [1.165, 1.54) is 18.0 Å². The lowest BCUT2D eigenvalue weighted by molar-refractivity contribution is -0.670. The first kappa shape index (κ1) is 10.3. The van der Waals surface area contributed by atoms with Gasteiger partial charge < -0.3 is 19.1 Å². The van der Waals surface area contributed by atoms with Crippen molar-refractivity contribution >= 4 is 0 Å². The minimum atomic E-state index is -0.523. The fourth-order valence-electron chi connectivity index (χ4n) is 1.32. The summed E-state index contributed by atoms with van der Waals surface area (Å²) in [7, 11) is 3.09. The maximum atomic E-state index is 10.9. The van der Waals surface area contributed by atoms with E-state index in [9.17, 15) is 5.11 Å². The Morgan fingerprint density at radius 2 is 2.12 bits per heavy atom. The number of hydrogen-bond donors (Lipinski definition) is 0. The molecule has 6 nitrogen and oxygen atoms in total. The lowest BCUT2D eigenvalue weighted by Crippen LogP contribution is -2.32. The maximum absolute atomic E-state index is 10.9. The molecule has 2 aromatic rings. The second-order valence-electron chi connectivity index (χ2n) is 3.00. The topological polar surface area (TPSA) is 71.4 Å². The molecule has 0 aliphatic rings. The predicted molar refractivity (Wildman–Crippen MR) is 50.6 cm³/mol. The fourth-order valence-corrected chi connectivity index (χ4v) is 1.32. The highest BCUT2D eigenvalue weighted by Gasteiger charge is 2.17. The van der Waals surface area contributed by atoms with Crippen LogP contribution in [0.4, 0.5) is 0 Å². The van der Waals surface area contributed by atoms with E-state index in [1.54, 1.807) is 25.3 Å². The average Bonchev–Trinajstić information content (AvgIpc) is 2.75. The average molecular weight is 222 g/mol. The van der Waals surface area contributed by atoms with Gasteiger partial charge in [-0.3, -0.25) is 0 Å². The van der Waals surface area contributed by atoms with Crippen molar-refractivity contribution in [3.05, 3.63) is 24.4 Å². The highest BCUT2D eigenvalue weighted by molar-refractivity contribution is 5.45. The van der Waals surface area contributed by atoms with Gasteiger partial charge >= 0.3 is 0 Å². The summed E-state index contributed by atoms with van der Waals surface area (Å²) in [6.45, 7) is 0. The van der Waals surface area contributed by atoms with Gasteiger partial charge in [0.1, 0.15) is 11.7 Å². The second kappa shape index (κ2) is 4.09. The summed E-state index contributed by atoms with van der Waals surface area (Å²) < 4.78 is 16.0. The van der Waals surface area contributed by atoms with Crippen LogP contribution in [0.1, 0.15) is 0 Å². The summed E-state index contributed by atoms with van der Waals surface area (Å²) >= 11 is 0. The molecule has 0 N–H and O–H groups in total. The molecule has 0 unspecified atom stereocenters. The van der Waals surface area contributed by atoms with Crippen molar-refractivity contribution in [3.63, 3.8) is 0 Å². The van der Waals surface area contributed by atoms with E-state index in [4.69, 9.17) is 9.47 Å². The monoisotopic (exact) mass is 222 g/mol. The Labute approximate surface area is 91.6 Å². The molecule has 1 heterocycles. The number of aromatic nitrogens is 2. The number of benzene rings is 1. The molecule has 0 bridgehead atoms. The molecule has 0 saturated heterocycles. The molecule has 0 aliphatic heterocycles. The van der Waals surface area contributed by atoms with E-state index in [0.717, 1.165) is 0 Å². The molecular formula is C10H10N2O4. The minimum Gasteiger partial charge on any atom is -0.539 e. The molecule has 1 aromatic heterocycles. The minimum absolute atomic E-state index is 0.523. The van der Waals surface area contributed by atoms with Gasteiger partial charge in [-0.05, 0) is 16.8 Å². The lowest BCUT2D eigenvalue weighted by atomic mass is 10.2. The summed E-state index contributed by atoms with van der Waals surface area (Å²) in [5.41, 5.74) is 0.577. The zero-order valence-electron chi connectivity index (χ0n) is 8.84. The van der Waals surface area contributed by atoms with Gasteiger partial charge in [-0.2, -0.15) is 0 Å². The summed E-state index contributed by atoms with van der Waals surface area (Å²) in [6, 6.07) is 5.17. The molecule has 0 radical (unpaired) electrons. The smallest absolute Gasteiger partial charge is 0.284 e. The van der Waals surface area contributed by atoms with Crippen molar-refractivity contribution in [3.8, 4) is 23.1 Å². The van der Waals surface area contributed by atoms with Crippen LogP contribution in [-0.4, -0.2) is 19.5 Å². The van der Waals surface area contributed by atoms with Gasteiger partial charge in [0.2, 0.25) is 6.20 Å². The number of hydrogen-bond acceptors (Lipinski definition) is 5. The number of rotatable bonds is 3. The molecular weight excluding hydrogens is 212 g/mol. The summed E-state index contributed by atoms with van der Waals surface area (Å²) in [5, 5.41) is 14.5. The van der Waals surface area contributed by atoms with E-state index >= 15 is 0 Å². The number of methoxy groups -OCH3 is 2. The molecule has 2 rings (SSSR count). The number of nitrogens with zero attached hydrogens (tertiary/aromatic N) is 2. The standard InChI is InChI=1S/C10H10N2O4/c1-14-7-3-4-9(15-2)8(5-7)12-6-10(13)16-11-12/h3-6H,1-2H3. The fraction of sp³-hybridized carbons (Fsp3) is 0.200. The van der Waals surface area contributed by atoms with Crippen LogP contribution in [-0.2, 0) is 0 Å². The Morgan fingerprint density at radius 3 is 2.69 bits per heavy atom. The molecule has 6 heteroatoms. The van der Waals surface area contributed by atoms with Gasteiger partial charge in [0.15, 0.2) is 5.75 Å². The van der Waals surface area contributed by atoms with E-state index in [-0.39, 0.29) is 0 Å². The second-order valence-corrected chi connectivity index (χ2v) is 3.00. The van der Waals surface area contributed by atoms with E-state index in [0.29, 0.717) is 17.2 Å². The third kappa shape index (κ3) is 1.77. The van der Waals surface area contributed by atoms with Gasteiger partial charge in [0.05, 0.1) is 25.6 Å². The van der Waals surface area contributed by atoms with Crippen LogP contribution < -0.4 is 19.3 Å². The van der Waals surface area contributed by atoms with Crippen molar-refractivity contribution < 1.29 is 23.8 Å². The van der Waals surface area contributed by atoms with Gasteiger partial charge in [0, 0.05) is 0 Å². The first-order valence-corrected chi connectivity index (χ1v) is 4.52. The first-order chi connectivity index (χ1) is 7.74. The molecule has 0 saturated carbocycles. The van der Waals surface area contributed by atoms with Gasteiger partial charge in [-0.1, -0.05) is 0 Å². The molecule has 16 heavy (non-hydrogen) atoms. The first-order valence-electron chi connectivity index (χ1n) is 4.52. The zero-order chi connectivity index (χ0) is 11.5. The third-order valence-corrected chi connectivity index (χ3v) is 2.08. The van der Waals surface area contributed by atoms with Crippen LogP contribution in [0, 0.1) is 0 Å². The highest BCUT2D eigenvalue weighted by Crippen LogP contribution is 2.23. The van der Waals surface area contributed by atoms with Gasteiger partial charge in [-0.15, -0.1) is 0 Å². The Bertz CT molecular complexity index is 495. The van der Waals surface area contributed by atoms with Crippen molar-refractivity contribution in [2.24, 2.45) is 0 Å². The Morgan fingerprint density at radius 1 is 1.31 bits per heavy atom. The van der Waals surface area contributed by atoms with Crippen LogP contribution in [0.15, 0.2) is 28.9 Å². The molecule has 0 fully saturated rings. The molecule has 1 aromatic carbocycles. The summed E-state index contributed by atoms with van der Waals surface area (Å²) in [6.07, 6.45) is 1.22. The SMILES string of the molecule is COc1ccc(OC)c(-[n+]2cc([O-])on2)c1. The molecule has 0 amide bonds. The van der Waals surface area contributed by atoms with Crippen LogP contribution >= 0.6 is 0 Å². The third-order valence-electron chi connectivity index (χ3n) is 2.08. The van der Waals surface area contributed by atoms with Crippen LogP contribution in [0.5, 0.6) is 17.4 Å². The Kier molecular flexibility index (Phi) is 2.63. The van der Waals surface area contributed by atoms with Crippen LogP contribution in [0.25, 0.3) is 5.69 Å². The van der Waals surface area contributed by atoms with Crippen molar-refractivity contribution in [2.75, 3.05) is 14.2 Å². The van der Waals surface area contributed by atoms with Crippen molar-refractivity contribution in [1.82, 2.24) is 5.27 Å². The van der Waals surface area contributed by atoms with Gasteiger partial charge in [0.25, 0.3) is 5.69 Å². The Hall–Kier alpha value is -2.24. The predicted octanol–water partition coefficient (Wildman–Crippen LogP) is 0.0421. The molecule has 0 aliphatic carbocycles. The normalized spacial score (nSPS) is 10.1. The molecule has 84 valence electrons. The van der Waals surface area contributed by atoms with Crippen molar-refractivity contribution in [2.45, 2.75) is 0 Å². The number of ether oxygens (including phenoxy) is 2. The maximum Gasteiger partial charge on any atom is 0.284 e. The van der Waals surface area contributed by atoms with Crippen LogP contribution in [0.2, 0.25) is 0 Å². The van der Waals surface area contributed by atoms with Gasteiger partial charge in [-0.25, -0.2) is 0 Å². The van der Waals surface area contributed by atoms with E-state index in [1.807, 2.05) is 0 Å². The lowest BCUT2D eigenvalue weighted by Gasteiger charge is -2.03. The highest BCUT2D eigenvalue weighted by atomic mass is 16.6. The largest absolute Gasteiger partial charge is 0.539 e. The Balaban J connectivity index is 2.52. The van der Waals surface area contributed by atoms with E-state index < -0.39 is 5.95 Å². The van der Waals surface area contributed by atoms with E-state index in [2.05, 4.69) is 9.79 Å².